The summed E-state index contributed by atoms with van der Waals surface area (Å²) in [5.41, 5.74) is -0.487. The van der Waals surface area contributed by atoms with Gasteiger partial charge in [-0.15, -0.1) is 0 Å². The maximum absolute atomic E-state index is 13.5. The number of benzene rings is 1. The molecule has 0 amide bonds. The molecule has 0 aliphatic heterocycles. The van der Waals surface area contributed by atoms with Crippen molar-refractivity contribution in [1.29, 1.82) is 0 Å². The molecule has 29 heavy (non-hydrogen) atoms. The number of carbonyl (C=O) groups is 1. The topological polar surface area (TPSA) is 17.1 Å². The molecule has 0 aromatic heterocycles. The molecule has 1 fully saturated rings. The van der Waals surface area contributed by atoms with Gasteiger partial charge in [-0.3, -0.25) is 4.79 Å². The maximum Gasteiger partial charge on any atom is 0.137 e. The number of unbranched alkanes of at least 4 members (excludes halogenated alkanes) is 11. The Morgan fingerprint density at radius 1 is 0.793 bits per heavy atom. The van der Waals surface area contributed by atoms with Crippen molar-refractivity contribution in [1.82, 2.24) is 0 Å². The normalized spacial score (nSPS) is 14.9. The average molecular weight is 411 g/mol. The molecule has 164 valence electrons. The molecule has 1 aliphatic rings. The molecule has 0 saturated heterocycles. The zero-order valence-corrected chi connectivity index (χ0v) is 17.8. The number of halogens is 3. The third kappa shape index (κ3) is 10.9. The predicted octanol–water partition coefficient (Wildman–Crippen LogP) is 8.04. The molecule has 0 N–H and O–H groups in total. The van der Waals surface area contributed by atoms with Gasteiger partial charge < -0.3 is 0 Å². The Bertz CT molecular complexity index is 610. The first-order valence-corrected chi connectivity index (χ1v) is 11.6. The monoisotopic (exact) mass is 410 g/mol. The highest BCUT2D eigenvalue weighted by atomic mass is 19.1. The summed E-state index contributed by atoms with van der Waals surface area (Å²) in [6.45, 7) is 0. The van der Waals surface area contributed by atoms with Gasteiger partial charge >= 0.3 is 0 Å². The number of ketones is 1. The second-order valence-corrected chi connectivity index (χ2v) is 8.84. The minimum atomic E-state index is -0.770. The molecule has 0 spiro atoms. The van der Waals surface area contributed by atoms with Crippen LogP contribution in [-0.4, -0.2) is 11.5 Å². The molecule has 2 rings (SSSR count). The number of carbonyl (C=O) groups excluding carboxylic acids is 1. The lowest BCUT2D eigenvalue weighted by molar-refractivity contribution is -0.118. The van der Waals surface area contributed by atoms with Crippen LogP contribution in [0.4, 0.5) is 13.2 Å². The second-order valence-electron chi connectivity index (χ2n) is 8.84. The van der Waals surface area contributed by atoms with Gasteiger partial charge in [0.25, 0.3) is 0 Å². The van der Waals surface area contributed by atoms with Gasteiger partial charge in [0.2, 0.25) is 0 Å². The fourth-order valence-corrected chi connectivity index (χ4v) is 3.88. The molecular weight excluding hydrogens is 373 g/mol. The summed E-state index contributed by atoms with van der Waals surface area (Å²) in [6, 6.07) is 3.38. The summed E-state index contributed by atoms with van der Waals surface area (Å²) >= 11 is 0. The first kappa shape index (κ1) is 24.0. The number of hydrogen-bond acceptors (Lipinski definition) is 1. The summed E-state index contributed by atoms with van der Waals surface area (Å²) in [4.78, 5) is 11.9. The predicted molar refractivity (Wildman–Crippen MR) is 113 cm³/mol. The molecule has 0 bridgehead atoms. The Morgan fingerprint density at radius 3 is 1.83 bits per heavy atom. The van der Waals surface area contributed by atoms with E-state index in [2.05, 4.69) is 0 Å². The summed E-state index contributed by atoms with van der Waals surface area (Å²) in [7, 11) is 0. The van der Waals surface area contributed by atoms with Crippen LogP contribution in [0.3, 0.4) is 0 Å². The highest BCUT2D eigenvalue weighted by Gasteiger charge is 2.41. The molecular formula is C25H37F3O. The Kier molecular flexibility index (Phi) is 10.8. The molecule has 1 aromatic carbocycles. The summed E-state index contributed by atoms with van der Waals surface area (Å²) < 4.78 is 39.9. The van der Waals surface area contributed by atoms with Gasteiger partial charge in [0.05, 0.1) is 0 Å². The van der Waals surface area contributed by atoms with E-state index in [1.807, 2.05) is 0 Å². The van der Waals surface area contributed by atoms with Crippen LogP contribution in [0.5, 0.6) is 0 Å². The smallest absolute Gasteiger partial charge is 0.137 e. The van der Waals surface area contributed by atoms with Crippen LogP contribution in [-0.2, 0) is 11.2 Å². The lowest BCUT2D eigenvalue weighted by atomic mass is 10.0. The lowest BCUT2D eigenvalue weighted by Crippen LogP contribution is -2.04. The fraction of sp³-hybridized carbons (Fsp3) is 0.720. The van der Waals surface area contributed by atoms with Crippen molar-refractivity contribution in [2.24, 2.45) is 0 Å². The van der Waals surface area contributed by atoms with E-state index in [0.29, 0.717) is 6.42 Å². The average Bonchev–Trinajstić information content (AvgIpc) is 3.41. The van der Waals surface area contributed by atoms with Crippen molar-refractivity contribution >= 4 is 5.78 Å². The van der Waals surface area contributed by atoms with Crippen molar-refractivity contribution in [3.63, 3.8) is 0 Å². The van der Waals surface area contributed by atoms with E-state index < -0.39 is 17.3 Å². The SMILES string of the molecule is O=C(CCCCCCCCCCCCCCC1(F)CC1)Cc1ccc(F)cc1F. The molecule has 0 atom stereocenters. The van der Waals surface area contributed by atoms with Crippen LogP contribution in [0.15, 0.2) is 18.2 Å². The lowest BCUT2D eigenvalue weighted by Gasteiger charge is -2.05. The van der Waals surface area contributed by atoms with Crippen molar-refractivity contribution in [3.8, 4) is 0 Å². The molecule has 0 radical (unpaired) electrons. The third-order valence-corrected chi connectivity index (χ3v) is 6.03. The fourth-order valence-electron chi connectivity index (χ4n) is 3.88. The Morgan fingerprint density at radius 2 is 1.31 bits per heavy atom. The minimum Gasteiger partial charge on any atom is -0.299 e. The largest absolute Gasteiger partial charge is 0.299 e. The second kappa shape index (κ2) is 13.1. The van der Waals surface area contributed by atoms with Crippen molar-refractivity contribution in [2.75, 3.05) is 0 Å². The molecule has 1 aliphatic carbocycles. The van der Waals surface area contributed by atoms with Gasteiger partial charge in [-0.25, -0.2) is 13.2 Å². The minimum absolute atomic E-state index is 0.0225. The van der Waals surface area contributed by atoms with Gasteiger partial charge in [0.15, 0.2) is 0 Å². The zero-order chi connectivity index (χ0) is 21.0. The molecule has 1 saturated carbocycles. The number of rotatable bonds is 17. The first-order valence-electron chi connectivity index (χ1n) is 11.6. The van der Waals surface area contributed by atoms with Crippen LogP contribution >= 0.6 is 0 Å². The van der Waals surface area contributed by atoms with Gasteiger partial charge in [-0.2, -0.15) is 0 Å². The standard InChI is InChI=1S/C25H37F3O/c26-22-15-14-21(24(27)20-22)19-23(29)13-11-9-7-5-3-1-2-4-6-8-10-12-16-25(28)17-18-25/h14-15,20H,1-13,16-19H2. The highest BCUT2D eigenvalue weighted by Crippen LogP contribution is 2.44. The van der Waals surface area contributed by atoms with Crippen molar-refractivity contribution < 1.29 is 18.0 Å². The summed E-state index contributed by atoms with van der Waals surface area (Å²) in [6.07, 6.45) is 17.0. The Labute approximate surface area is 174 Å². The van der Waals surface area contributed by atoms with Gasteiger partial charge in [0, 0.05) is 18.9 Å². The number of hydrogen-bond donors (Lipinski definition) is 0. The quantitative estimate of drug-likeness (QED) is 0.237. The third-order valence-electron chi connectivity index (χ3n) is 6.03. The Hall–Kier alpha value is -1.32. The first-order chi connectivity index (χ1) is 14.0. The zero-order valence-electron chi connectivity index (χ0n) is 17.8. The maximum atomic E-state index is 13.5. The van der Waals surface area contributed by atoms with E-state index in [9.17, 15) is 18.0 Å². The van der Waals surface area contributed by atoms with Gasteiger partial charge in [-0.1, -0.05) is 76.7 Å². The van der Waals surface area contributed by atoms with E-state index in [0.717, 1.165) is 51.0 Å². The van der Waals surface area contributed by atoms with Crippen LogP contribution in [0, 0.1) is 11.6 Å². The summed E-state index contributed by atoms with van der Waals surface area (Å²) in [5.74, 6) is -1.22. The van der Waals surface area contributed by atoms with E-state index >= 15 is 0 Å². The van der Waals surface area contributed by atoms with E-state index in [4.69, 9.17) is 0 Å². The van der Waals surface area contributed by atoms with Crippen LogP contribution in [0.25, 0.3) is 0 Å². The van der Waals surface area contributed by atoms with E-state index in [1.165, 1.54) is 63.5 Å². The molecule has 4 heteroatoms. The number of Topliss-reactive ketones (excluding diaryl/α,β-unsaturated/α-hetero) is 1. The van der Waals surface area contributed by atoms with Gasteiger partial charge in [-0.05, 0) is 37.3 Å². The van der Waals surface area contributed by atoms with Crippen molar-refractivity contribution in [2.45, 2.75) is 115 Å². The van der Waals surface area contributed by atoms with Gasteiger partial charge in [0.1, 0.15) is 23.1 Å². The molecule has 0 unspecified atom stereocenters. The summed E-state index contributed by atoms with van der Waals surface area (Å²) in [5, 5.41) is 0. The van der Waals surface area contributed by atoms with Crippen LogP contribution in [0.2, 0.25) is 0 Å². The number of alkyl halides is 1. The highest BCUT2D eigenvalue weighted by molar-refractivity contribution is 5.80. The molecule has 0 heterocycles. The molecule has 1 aromatic rings. The Balaban J connectivity index is 1.33. The molecule has 1 nitrogen and oxygen atoms in total. The van der Waals surface area contributed by atoms with E-state index in [-0.39, 0.29) is 17.8 Å². The van der Waals surface area contributed by atoms with E-state index in [1.54, 1.807) is 0 Å². The van der Waals surface area contributed by atoms with Crippen LogP contribution < -0.4 is 0 Å². The van der Waals surface area contributed by atoms with Crippen molar-refractivity contribution in [3.05, 3.63) is 35.4 Å². The van der Waals surface area contributed by atoms with Crippen LogP contribution in [0.1, 0.15) is 108 Å².